The molecule has 0 heterocycles. The maximum absolute atomic E-state index is 12.7. The third kappa shape index (κ3) is 5.28. The van der Waals surface area contributed by atoms with Crippen LogP contribution < -0.4 is 10.5 Å². The molecule has 0 fully saturated rings. The van der Waals surface area contributed by atoms with E-state index in [-0.39, 0.29) is 5.75 Å². The predicted octanol–water partition coefficient (Wildman–Crippen LogP) is 2.94. The second-order valence-corrected chi connectivity index (χ2v) is 7.36. The molecule has 21 heavy (non-hydrogen) atoms. The van der Waals surface area contributed by atoms with Gasteiger partial charge in [-0.15, -0.1) is 11.8 Å². The van der Waals surface area contributed by atoms with Crippen molar-refractivity contribution in [2.24, 2.45) is 0 Å². The van der Waals surface area contributed by atoms with E-state index in [2.05, 4.69) is 4.72 Å². The van der Waals surface area contributed by atoms with E-state index in [0.717, 1.165) is 4.90 Å². The topological polar surface area (TPSA) is 72.2 Å². The highest BCUT2D eigenvalue weighted by molar-refractivity contribution is 8.01. The van der Waals surface area contributed by atoms with Crippen LogP contribution in [0.2, 0.25) is 0 Å². The molecule has 0 aliphatic rings. The summed E-state index contributed by atoms with van der Waals surface area (Å²) in [6.07, 6.45) is 0. The van der Waals surface area contributed by atoms with Crippen molar-refractivity contribution >= 4 is 33.2 Å². The zero-order valence-corrected chi connectivity index (χ0v) is 12.8. The summed E-state index contributed by atoms with van der Waals surface area (Å²) in [6, 6.07) is 12.4. The molecule has 0 atom stereocenters. The van der Waals surface area contributed by atoms with Gasteiger partial charge in [-0.25, -0.2) is 12.8 Å². The van der Waals surface area contributed by atoms with E-state index in [9.17, 15) is 12.8 Å². The van der Waals surface area contributed by atoms with Crippen molar-refractivity contribution in [2.45, 2.75) is 4.90 Å². The van der Waals surface area contributed by atoms with Crippen LogP contribution in [0.1, 0.15) is 0 Å². The van der Waals surface area contributed by atoms with E-state index < -0.39 is 15.8 Å². The van der Waals surface area contributed by atoms with Gasteiger partial charge in [0.15, 0.2) is 0 Å². The molecule has 0 saturated carbocycles. The van der Waals surface area contributed by atoms with E-state index >= 15 is 0 Å². The number of anilines is 2. The molecule has 7 heteroatoms. The molecule has 2 rings (SSSR count). The summed E-state index contributed by atoms with van der Waals surface area (Å²) >= 11 is 1.43. The Labute approximate surface area is 127 Å². The van der Waals surface area contributed by atoms with Crippen molar-refractivity contribution in [1.82, 2.24) is 0 Å². The van der Waals surface area contributed by atoms with Crippen LogP contribution in [0, 0.1) is 5.82 Å². The number of nitrogens with one attached hydrogen (secondary N) is 1. The smallest absolute Gasteiger partial charge is 0.233 e. The molecule has 0 bridgehead atoms. The van der Waals surface area contributed by atoms with Crippen LogP contribution in [0.5, 0.6) is 0 Å². The molecule has 2 aromatic rings. The van der Waals surface area contributed by atoms with Crippen LogP contribution in [-0.4, -0.2) is 19.9 Å². The maximum atomic E-state index is 12.7. The zero-order valence-electron chi connectivity index (χ0n) is 11.1. The first kappa shape index (κ1) is 15.7. The minimum absolute atomic E-state index is 0.0284. The van der Waals surface area contributed by atoms with Crippen molar-refractivity contribution in [3.8, 4) is 0 Å². The largest absolute Gasteiger partial charge is 0.399 e. The molecular formula is C14H15FN2O2S2. The molecule has 0 spiro atoms. The van der Waals surface area contributed by atoms with Crippen LogP contribution in [0.3, 0.4) is 0 Å². The van der Waals surface area contributed by atoms with Crippen LogP contribution in [0.15, 0.2) is 53.4 Å². The molecule has 112 valence electrons. The minimum Gasteiger partial charge on any atom is -0.399 e. The first-order chi connectivity index (χ1) is 9.94. The van der Waals surface area contributed by atoms with Crippen molar-refractivity contribution < 1.29 is 12.8 Å². The van der Waals surface area contributed by atoms with Crippen LogP contribution in [0.25, 0.3) is 0 Å². The predicted molar refractivity (Wildman–Crippen MR) is 85.4 cm³/mol. The fourth-order valence-electron chi connectivity index (χ4n) is 1.58. The van der Waals surface area contributed by atoms with E-state index in [4.69, 9.17) is 5.73 Å². The number of nitrogens with two attached hydrogens (primary N) is 1. The maximum Gasteiger partial charge on any atom is 0.233 e. The third-order valence-electron chi connectivity index (χ3n) is 2.62. The van der Waals surface area contributed by atoms with Gasteiger partial charge >= 0.3 is 0 Å². The summed E-state index contributed by atoms with van der Waals surface area (Å²) in [5, 5.41) is 0. The molecule has 0 radical (unpaired) electrons. The molecule has 0 unspecified atom stereocenters. The molecule has 0 aliphatic carbocycles. The first-order valence-corrected chi connectivity index (χ1v) is 8.83. The number of benzene rings is 2. The van der Waals surface area contributed by atoms with Gasteiger partial charge in [0.1, 0.15) is 5.82 Å². The Morgan fingerprint density at radius 1 is 1.05 bits per heavy atom. The van der Waals surface area contributed by atoms with Gasteiger partial charge in [-0.05, 0) is 48.5 Å². The molecule has 0 saturated heterocycles. The number of rotatable bonds is 6. The van der Waals surface area contributed by atoms with E-state index in [1.165, 1.54) is 36.0 Å². The van der Waals surface area contributed by atoms with E-state index in [1.54, 1.807) is 12.1 Å². The molecular weight excluding hydrogens is 311 g/mol. The molecule has 3 N–H and O–H groups in total. The lowest BCUT2D eigenvalue weighted by atomic mass is 10.3. The van der Waals surface area contributed by atoms with Crippen molar-refractivity contribution in [3.63, 3.8) is 0 Å². The second kappa shape index (κ2) is 6.82. The first-order valence-electron chi connectivity index (χ1n) is 6.19. The molecule has 0 aromatic heterocycles. The lowest BCUT2D eigenvalue weighted by Crippen LogP contribution is -2.18. The number of thioether (sulfide) groups is 1. The number of sulfonamides is 1. The molecule has 0 aliphatic heterocycles. The Balaban J connectivity index is 1.86. The number of halogens is 1. The number of hydrogen-bond acceptors (Lipinski definition) is 4. The van der Waals surface area contributed by atoms with Crippen molar-refractivity contribution in [3.05, 3.63) is 54.3 Å². The number of nitrogen functional groups attached to an aromatic ring is 1. The molecule has 4 nitrogen and oxygen atoms in total. The fourth-order valence-corrected chi connectivity index (χ4v) is 3.95. The minimum atomic E-state index is -3.44. The highest BCUT2D eigenvalue weighted by Crippen LogP contribution is 2.19. The summed E-state index contributed by atoms with van der Waals surface area (Å²) in [6.45, 7) is 0. The molecule has 2 aromatic carbocycles. The van der Waals surface area contributed by atoms with Crippen LogP contribution in [0.4, 0.5) is 15.8 Å². The SMILES string of the molecule is Nc1ccc(SCCS(=O)(=O)Nc2ccc(F)cc2)cc1. The fraction of sp³-hybridized carbons (Fsp3) is 0.143. The summed E-state index contributed by atoms with van der Waals surface area (Å²) in [5.74, 6) is -0.0169. The van der Waals surface area contributed by atoms with Gasteiger partial charge in [-0.2, -0.15) is 0 Å². The zero-order chi connectivity index (χ0) is 15.3. The Morgan fingerprint density at radius 3 is 2.29 bits per heavy atom. The van der Waals surface area contributed by atoms with Crippen molar-refractivity contribution in [2.75, 3.05) is 22.0 Å². The lowest BCUT2D eigenvalue weighted by Gasteiger charge is -2.08. The van der Waals surface area contributed by atoms with Gasteiger partial charge in [-0.1, -0.05) is 0 Å². The Morgan fingerprint density at radius 2 is 1.67 bits per heavy atom. The Kier molecular flexibility index (Phi) is 5.08. The van der Waals surface area contributed by atoms with Crippen LogP contribution in [-0.2, 0) is 10.0 Å². The third-order valence-corrected chi connectivity index (χ3v) is 5.18. The average molecular weight is 326 g/mol. The van der Waals surface area contributed by atoms with Crippen LogP contribution >= 0.6 is 11.8 Å². The standard InChI is InChI=1S/C14H15FN2O2S2/c15-11-1-5-13(6-2-11)17-21(18,19)10-9-20-14-7-3-12(16)4-8-14/h1-8,17H,9-10,16H2. The Bertz CT molecular complexity index is 686. The van der Waals surface area contributed by atoms with Gasteiger partial charge in [0.2, 0.25) is 10.0 Å². The normalized spacial score (nSPS) is 11.3. The quantitative estimate of drug-likeness (QED) is 0.632. The van der Waals surface area contributed by atoms with Gasteiger partial charge < -0.3 is 5.73 Å². The van der Waals surface area contributed by atoms with E-state index in [0.29, 0.717) is 17.1 Å². The monoisotopic (exact) mass is 326 g/mol. The summed E-state index contributed by atoms with van der Waals surface area (Å²) in [4.78, 5) is 0.959. The summed E-state index contributed by atoms with van der Waals surface area (Å²) < 4.78 is 38.9. The Hall–Kier alpha value is -1.73. The lowest BCUT2D eigenvalue weighted by molar-refractivity contribution is 0.602. The summed E-state index contributed by atoms with van der Waals surface area (Å²) in [7, 11) is -3.44. The van der Waals surface area contributed by atoms with Crippen molar-refractivity contribution in [1.29, 1.82) is 0 Å². The highest BCUT2D eigenvalue weighted by Gasteiger charge is 2.10. The van der Waals surface area contributed by atoms with Gasteiger partial charge in [0.25, 0.3) is 0 Å². The average Bonchev–Trinajstić information content (AvgIpc) is 2.43. The van der Waals surface area contributed by atoms with Gasteiger partial charge in [0.05, 0.1) is 5.75 Å². The highest BCUT2D eigenvalue weighted by atomic mass is 32.2. The second-order valence-electron chi connectivity index (χ2n) is 4.35. The van der Waals surface area contributed by atoms with E-state index in [1.807, 2.05) is 12.1 Å². The van der Waals surface area contributed by atoms with Gasteiger partial charge in [-0.3, -0.25) is 4.72 Å². The van der Waals surface area contributed by atoms with Gasteiger partial charge in [0, 0.05) is 22.0 Å². The number of hydrogen-bond donors (Lipinski definition) is 2. The molecule has 0 amide bonds. The summed E-state index contributed by atoms with van der Waals surface area (Å²) in [5.41, 5.74) is 6.61.